The lowest BCUT2D eigenvalue weighted by Gasteiger charge is -2.30. The van der Waals surface area contributed by atoms with Crippen LogP contribution in [0.2, 0.25) is 0 Å². The molecule has 4 nitrogen and oxygen atoms in total. The summed E-state index contributed by atoms with van der Waals surface area (Å²) in [5.41, 5.74) is 6.77. The Morgan fingerprint density at radius 1 is 1.24 bits per heavy atom. The molecule has 1 unspecified atom stereocenters. The summed E-state index contributed by atoms with van der Waals surface area (Å²) < 4.78 is 48.2. The van der Waals surface area contributed by atoms with Crippen molar-refractivity contribution < 1.29 is 22.6 Å². The summed E-state index contributed by atoms with van der Waals surface area (Å²) in [4.78, 5) is 1.31. The summed E-state index contributed by atoms with van der Waals surface area (Å²) in [6.07, 6.45) is -4.24. The third-order valence-corrected chi connectivity index (χ3v) is 3.37. The standard InChI is InChI=1S/C14H19F3N2O2/c1-9(2)19(7-14(15,16)17)6-11(18)10-3-4-12-13(5-10)21-8-20-12/h3-5,9,11H,6-8,18H2,1-2H3. The molecule has 0 spiro atoms. The van der Waals surface area contributed by atoms with Crippen LogP contribution >= 0.6 is 0 Å². The molecule has 1 aliphatic heterocycles. The minimum absolute atomic E-state index is 0.122. The molecule has 0 aromatic heterocycles. The van der Waals surface area contributed by atoms with E-state index in [1.165, 1.54) is 4.90 Å². The zero-order valence-corrected chi connectivity index (χ0v) is 12.0. The number of benzene rings is 1. The highest BCUT2D eigenvalue weighted by Gasteiger charge is 2.32. The molecule has 0 aliphatic carbocycles. The third-order valence-electron chi connectivity index (χ3n) is 3.37. The van der Waals surface area contributed by atoms with E-state index in [2.05, 4.69) is 0 Å². The zero-order valence-electron chi connectivity index (χ0n) is 12.0. The molecule has 2 N–H and O–H groups in total. The number of fused-ring (bicyclic) bond motifs is 1. The molecule has 0 saturated heterocycles. The van der Waals surface area contributed by atoms with Crippen LogP contribution in [0.25, 0.3) is 0 Å². The first kappa shape index (κ1) is 15.9. The second-order valence-corrected chi connectivity index (χ2v) is 5.36. The van der Waals surface area contributed by atoms with Gasteiger partial charge in [-0.25, -0.2) is 0 Å². The number of alkyl halides is 3. The van der Waals surface area contributed by atoms with E-state index in [4.69, 9.17) is 15.2 Å². The molecule has 0 saturated carbocycles. The van der Waals surface area contributed by atoms with E-state index in [1.807, 2.05) is 0 Å². The Balaban J connectivity index is 2.06. The van der Waals surface area contributed by atoms with Crippen LogP contribution in [0.4, 0.5) is 13.2 Å². The van der Waals surface area contributed by atoms with Gasteiger partial charge in [0.05, 0.1) is 6.54 Å². The maximum absolute atomic E-state index is 12.6. The van der Waals surface area contributed by atoms with Gasteiger partial charge >= 0.3 is 6.18 Å². The van der Waals surface area contributed by atoms with Crippen molar-refractivity contribution in [3.05, 3.63) is 23.8 Å². The second-order valence-electron chi connectivity index (χ2n) is 5.36. The smallest absolute Gasteiger partial charge is 0.401 e. The minimum Gasteiger partial charge on any atom is -0.454 e. The Hall–Kier alpha value is -1.47. The lowest BCUT2D eigenvalue weighted by Crippen LogP contribution is -2.42. The van der Waals surface area contributed by atoms with Crippen molar-refractivity contribution in [2.75, 3.05) is 19.9 Å². The largest absolute Gasteiger partial charge is 0.454 e. The molecule has 0 fully saturated rings. The molecule has 21 heavy (non-hydrogen) atoms. The SMILES string of the molecule is CC(C)N(CC(N)c1ccc2c(c1)OCO2)CC(F)(F)F. The third kappa shape index (κ3) is 4.25. The van der Waals surface area contributed by atoms with Crippen molar-refractivity contribution in [3.8, 4) is 11.5 Å². The second kappa shape index (κ2) is 6.11. The molecule has 1 heterocycles. The van der Waals surface area contributed by atoms with Crippen LogP contribution in [0.3, 0.4) is 0 Å². The highest BCUT2D eigenvalue weighted by Crippen LogP contribution is 2.34. The van der Waals surface area contributed by atoms with Crippen LogP contribution < -0.4 is 15.2 Å². The van der Waals surface area contributed by atoms with Gasteiger partial charge in [-0.3, -0.25) is 4.90 Å². The predicted octanol–water partition coefficient (Wildman–Crippen LogP) is 2.69. The number of halogens is 3. The van der Waals surface area contributed by atoms with Crippen LogP contribution in [0.1, 0.15) is 25.5 Å². The summed E-state index contributed by atoms with van der Waals surface area (Å²) in [5.74, 6) is 1.21. The number of nitrogens with zero attached hydrogens (tertiary/aromatic N) is 1. The summed E-state index contributed by atoms with van der Waals surface area (Å²) in [7, 11) is 0. The molecule has 0 radical (unpaired) electrons. The van der Waals surface area contributed by atoms with Crippen LogP contribution in [0.15, 0.2) is 18.2 Å². The van der Waals surface area contributed by atoms with E-state index in [1.54, 1.807) is 32.0 Å². The van der Waals surface area contributed by atoms with Crippen LogP contribution in [-0.2, 0) is 0 Å². The van der Waals surface area contributed by atoms with Crippen molar-refractivity contribution in [2.45, 2.75) is 32.1 Å². The molecule has 0 bridgehead atoms. The lowest BCUT2D eigenvalue weighted by molar-refractivity contribution is -0.150. The Morgan fingerprint density at radius 2 is 1.90 bits per heavy atom. The van der Waals surface area contributed by atoms with Gasteiger partial charge < -0.3 is 15.2 Å². The highest BCUT2D eigenvalue weighted by atomic mass is 19.4. The van der Waals surface area contributed by atoms with Gasteiger partial charge in [-0.05, 0) is 31.5 Å². The average Bonchev–Trinajstić information content (AvgIpc) is 2.83. The van der Waals surface area contributed by atoms with Gasteiger partial charge in [-0.15, -0.1) is 0 Å². The predicted molar refractivity (Wildman–Crippen MR) is 72.3 cm³/mol. The molecule has 1 aromatic carbocycles. The fraction of sp³-hybridized carbons (Fsp3) is 0.571. The first-order valence-corrected chi connectivity index (χ1v) is 6.72. The van der Waals surface area contributed by atoms with E-state index in [0.717, 1.165) is 5.56 Å². The average molecular weight is 304 g/mol. The summed E-state index contributed by atoms with van der Waals surface area (Å²) in [6.45, 7) is 2.75. The maximum Gasteiger partial charge on any atom is 0.401 e. The first-order valence-electron chi connectivity index (χ1n) is 6.72. The molecule has 1 atom stereocenters. The quantitative estimate of drug-likeness (QED) is 0.908. The van der Waals surface area contributed by atoms with E-state index in [0.29, 0.717) is 11.5 Å². The number of ether oxygens (including phenoxy) is 2. The Labute approximate surface area is 121 Å². The molecule has 1 aromatic rings. The van der Waals surface area contributed by atoms with Gasteiger partial charge in [0.15, 0.2) is 11.5 Å². The zero-order chi connectivity index (χ0) is 15.6. The van der Waals surface area contributed by atoms with Crippen LogP contribution in [0, 0.1) is 0 Å². The Bertz CT molecular complexity index is 492. The normalized spacial score (nSPS) is 15.8. The van der Waals surface area contributed by atoms with Crippen molar-refractivity contribution in [1.82, 2.24) is 4.90 Å². The summed E-state index contributed by atoms with van der Waals surface area (Å²) in [6, 6.07) is 4.43. The highest BCUT2D eigenvalue weighted by molar-refractivity contribution is 5.45. The fourth-order valence-electron chi connectivity index (χ4n) is 2.19. The van der Waals surface area contributed by atoms with Gasteiger partial charge in [-0.2, -0.15) is 13.2 Å². The van der Waals surface area contributed by atoms with E-state index < -0.39 is 18.8 Å². The van der Waals surface area contributed by atoms with E-state index in [-0.39, 0.29) is 19.4 Å². The summed E-state index contributed by atoms with van der Waals surface area (Å²) >= 11 is 0. The minimum atomic E-state index is -4.24. The molecule has 0 amide bonds. The van der Waals surface area contributed by atoms with Gasteiger partial charge in [0.2, 0.25) is 6.79 Å². The van der Waals surface area contributed by atoms with E-state index >= 15 is 0 Å². The number of hydrogen-bond acceptors (Lipinski definition) is 4. The van der Waals surface area contributed by atoms with Crippen molar-refractivity contribution >= 4 is 0 Å². The molecule has 7 heteroatoms. The number of rotatable bonds is 5. The van der Waals surface area contributed by atoms with Gasteiger partial charge in [-0.1, -0.05) is 6.07 Å². The number of hydrogen-bond donors (Lipinski definition) is 1. The molecule has 118 valence electrons. The number of nitrogens with two attached hydrogens (primary N) is 1. The Morgan fingerprint density at radius 3 is 2.52 bits per heavy atom. The van der Waals surface area contributed by atoms with Crippen LogP contribution in [0.5, 0.6) is 11.5 Å². The maximum atomic E-state index is 12.6. The van der Waals surface area contributed by atoms with Crippen LogP contribution in [-0.4, -0.2) is 37.0 Å². The topological polar surface area (TPSA) is 47.7 Å². The molecular weight excluding hydrogens is 285 g/mol. The van der Waals surface area contributed by atoms with Crippen molar-refractivity contribution in [1.29, 1.82) is 0 Å². The monoisotopic (exact) mass is 304 g/mol. The fourth-order valence-corrected chi connectivity index (χ4v) is 2.19. The van der Waals surface area contributed by atoms with Crippen molar-refractivity contribution in [3.63, 3.8) is 0 Å². The van der Waals surface area contributed by atoms with E-state index in [9.17, 15) is 13.2 Å². The van der Waals surface area contributed by atoms with Crippen molar-refractivity contribution in [2.24, 2.45) is 5.73 Å². The molecule has 2 rings (SSSR count). The van der Waals surface area contributed by atoms with Gasteiger partial charge in [0.25, 0.3) is 0 Å². The summed E-state index contributed by atoms with van der Waals surface area (Å²) in [5, 5.41) is 0. The first-order chi connectivity index (χ1) is 9.76. The molecule has 1 aliphatic rings. The van der Waals surface area contributed by atoms with Gasteiger partial charge in [0, 0.05) is 18.6 Å². The Kier molecular flexibility index (Phi) is 4.63. The molecular formula is C14H19F3N2O2. The lowest BCUT2D eigenvalue weighted by atomic mass is 10.1. The van der Waals surface area contributed by atoms with Gasteiger partial charge in [0.1, 0.15) is 0 Å².